The van der Waals surface area contributed by atoms with Gasteiger partial charge in [-0.25, -0.2) is 14.5 Å². The van der Waals surface area contributed by atoms with Crippen LogP contribution in [0.4, 0.5) is 4.79 Å². The molecule has 0 aromatic carbocycles. The lowest BCUT2D eigenvalue weighted by molar-refractivity contribution is -0.150. The van der Waals surface area contributed by atoms with E-state index >= 15 is 0 Å². The number of esters is 1. The summed E-state index contributed by atoms with van der Waals surface area (Å²) in [4.78, 5) is 36.0. The van der Waals surface area contributed by atoms with Gasteiger partial charge in [0.1, 0.15) is 12.7 Å². The zero-order valence-electron chi connectivity index (χ0n) is 14.0. The summed E-state index contributed by atoms with van der Waals surface area (Å²) in [6.07, 6.45) is 4.46. The number of rotatable bonds is 4. The van der Waals surface area contributed by atoms with Crippen molar-refractivity contribution in [3.8, 4) is 0 Å². The van der Waals surface area contributed by atoms with E-state index in [0.717, 1.165) is 36.3 Å². The van der Waals surface area contributed by atoms with E-state index in [4.69, 9.17) is 4.74 Å². The fourth-order valence-electron chi connectivity index (χ4n) is 3.26. The highest BCUT2D eigenvalue weighted by molar-refractivity contribution is 6.02. The lowest BCUT2D eigenvalue weighted by Gasteiger charge is -2.36. The number of amides is 2. The fraction of sp³-hybridized carbons (Fsp3) is 0.706. The van der Waals surface area contributed by atoms with Crippen molar-refractivity contribution in [2.24, 2.45) is 17.8 Å². The molecule has 2 amide bonds. The molecule has 2 rings (SSSR count). The molecular weight excluding hydrogens is 298 g/mol. The minimum Gasteiger partial charge on any atom is -0.459 e. The summed E-state index contributed by atoms with van der Waals surface area (Å²) in [6.45, 7) is 6.85. The maximum Gasteiger partial charge on any atom is 0.416 e. The summed E-state index contributed by atoms with van der Waals surface area (Å²) >= 11 is 0. The van der Waals surface area contributed by atoms with Gasteiger partial charge in [0.25, 0.3) is 5.91 Å². The first kappa shape index (κ1) is 17.5. The first-order chi connectivity index (χ1) is 10.9. The topological polar surface area (TPSA) is 72.9 Å². The van der Waals surface area contributed by atoms with Crippen LogP contribution in [0.2, 0.25) is 0 Å². The van der Waals surface area contributed by atoms with E-state index < -0.39 is 18.0 Å². The van der Waals surface area contributed by atoms with Gasteiger partial charge in [-0.05, 0) is 30.6 Å². The second kappa shape index (κ2) is 7.62. The molecule has 1 saturated carbocycles. The first-order valence-electron chi connectivity index (χ1n) is 8.25. The molecule has 0 spiro atoms. The van der Waals surface area contributed by atoms with Crippen molar-refractivity contribution < 1.29 is 23.9 Å². The van der Waals surface area contributed by atoms with Crippen LogP contribution in [0.5, 0.6) is 0 Å². The van der Waals surface area contributed by atoms with Gasteiger partial charge in [0, 0.05) is 12.2 Å². The van der Waals surface area contributed by atoms with Crippen LogP contribution in [-0.2, 0) is 19.1 Å². The van der Waals surface area contributed by atoms with Crippen LogP contribution in [-0.4, -0.2) is 42.1 Å². The van der Waals surface area contributed by atoms with Crippen LogP contribution in [0.25, 0.3) is 0 Å². The highest BCUT2D eigenvalue weighted by Gasteiger charge is 2.33. The summed E-state index contributed by atoms with van der Waals surface area (Å²) < 4.78 is 10.2. The Hall–Kier alpha value is -1.85. The molecular formula is C17H25NO5. The number of cyclic esters (lactones) is 1. The number of hydrogen-bond donors (Lipinski definition) is 0. The summed E-state index contributed by atoms with van der Waals surface area (Å²) in [7, 11) is 0. The van der Waals surface area contributed by atoms with Crippen molar-refractivity contribution >= 4 is 18.0 Å². The molecule has 1 aliphatic heterocycles. The van der Waals surface area contributed by atoms with E-state index in [9.17, 15) is 14.4 Å². The van der Waals surface area contributed by atoms with Crippen molar-refractivity contribution in [2.45, 2.75) is 46.1 Å². The summed E-state index contributed by atoms with van der Waals surface area (Å²) in [5, 5.41) is 0. The number of carbonyl (C=O) groups excluding carboxylic acids is 3. The number of carbonyl (C=O) groups is 3. The Balaban J connectivity index is 1.90. The van der Waals surface area contributed by atoms with Crippen LogP contribution in [0.1, 0.15) is 40.0 Å². The van der Waals surface area contributed by atoms with Crippen molar-refractivity contribution in [1.29, 1.82) is 0 Å². The van der Waals surface area contributed by atoms with Crippen LogP contribution in [0.3, 0.4) is 0 Å². The Kier molecular flexibility index (Phi) is 5.80. The van der Waals surface area contributed by atoms with Gasteiger partial charge in [-0.2, -0.15) is 0 Å². The van der Waals surface area contributed by atoms with Crippen LogP contribution in [0, 0.1) is 17.8 Å². The van der Waals surface area contributed by atoms with E-state index in [1.54, 1.807) is 0 Å². The molecule has 3 atom stereocenters. The molecule has 6 nitrogen and oxygen atoms in total. The van der Waals surface area contributed by atoms with Gasteiger partial charge in [-0.1, -0.05) is 27.2 Å². The molecule has 6 heteroatoms. The van der Waals surface area contributed by atoms with Crippen LogP contribution < -0.4 is 0 Å². The van der Waals surface area contributed by atoms with E-state index in [1.165, 1.54) is 0 Å². The Labute approximate surface area is 136 Å². The molecule has 128 valence electrons. The molecule has 3 unspecified atom stereocenters. The van der Waals surface area contributed by atoms with Crippen LogP contribution in [0.15, 0.2) is 12.2 Å². The molecule has 2 fully saturated rings. The zero-order valence-corrected chi connectivity index (χ0v) is 14.0. The van der Waals surface area contributed by atoms with Gasteiger partial charge >= 0.3 is 12.1 Å². The first-order valence-corrected chi connectivity index (χ1v) is 8.25. The minimum atomic E-state index is -0.672. The fourth-order valence-corrected chi connectivity index (χ4v) is 3.26. The molecule has 0 bridgehead atoms. The largest absolute Gasteiger partial charge is 0.459 e. The molecule has 1 saturated heterocycles. The van der Waals surface area contributed by atoms with Crippen molar-refractivity contribution in [3.63, 3.8) is 0 Å². The number of imide groups is 1. The molecule has 0 aromatic rings. The zero-order chi connectivity index (χ0) is 17.0. The summed E-state index contributed by atoms with van der Waals surface area (Å²) in [5.74, 6) is 0.253. The Morgan fingerprint density at radius 1 is 1.30 bits per heavy atom. The minimum absolute atomic E-state index is 0.109. The van der Waals surface area contributed by atoms with Crippen molar-refractivity contribution in [3.05, 3.63) is 12.2 Å². The summed E-state index contributed by atoms with van der Waals surface area (Å²) in [5.41, 5.74) is 0. The maximum absolute atomic E-state index is 12.0. The van der Waals surface area contributed by atoms with E-state index in [-0.39, 0.29) is 19.3 Å². The SMILES string of the molecule is CC1CCC(C(C)C)C(OC(=O)/C=C/C(=O)N2CCOC2=O)C1. The number of ether oxygens (including phenoxy) is 2. The Morgan fingerprint density at radius 2 is 2.04 bits per heavy atom. The second-order valence-corrected chi connectivity index (χ2v) is 6.74. The van der Waals surface area contributed by atoms with Crippen molar-refractivity contribution in [2.75, 3.05) is 13.2 Å². The smallest absolute Gasteiger partial charge is 0.416 e. The third-order valence-electron chi connectivity index (χ3n) is 4.62. The predicted molar refractivity (Wildman–Crippen MR) is 83.4 cm³/mol. The quantitative estimate of drug-likeness (QED) is 0.587. The van der Waals surface area contributed by atoms with E-state index in [0.29, 0.717) is 17.8 Å². The number of hydrogen-bond acceptors (Lipinski definition) is 5. The van der Waals surface area contributed by atoms with Crippen LogP contribution >= 0.6 is 0 Å². The third kappa shape index (κ3) is 4.56. The van der Waals surface area contributed by atoms with Gasteiger partial charge in [-0.15, -0.1) is 0 Å². The highest BCUT2D eigenvalue weighted by atomic mass is 16.6. The van der Waals surface area contributed by atoms with Crippen molar-refractivity contribution in [1.82, 2.24) is 4.90 Å². The lowest BCUT2D eigenvalue weighted by Crippen LogP contribution is -2.35. The Morgan fingerprint density at radius 3 is 2.65 bits per heavy atom. The maximum atomic E-state index is 12.0. The monoisotopic (exact) mass is 323 g/mol. The number of nitrogens with zero attached hydrogens (tertiary/aromatic N) is 1. The van der Waals surface area contributed by atoms with E-state index in [1.807, 2.05) is 0 Å². The van der Waals surface area contributed by atoms with Gasteiger partial charge in [0.15, 0.2) is 0 Å². The standard InChI is InChI=1S/C17H25NO5/c1-11(2)13-5-4-12(3)10-14(13)23-16(20)7-6-15(19)18-8-9-22-17(18)21/h6-7,11-14H,4-5,8-10H2,1-3H3/b7-6+. The average Bonchev–Trinajstić information content (AvgIpc) is 2.90. The molecule has 2 aliphatic rings. The molecule has 1 heterocycles. The molecule has 0 aromatic heterocycles. The van der Waals surface area contributed by atoms with Gasteiger partial charge < -0.3 is 9.47 Å². The molecule has 1 aliphatic carbocycles. The normalized spacial score (nSPS) is 28.3. The molecule has 0 N–H and O–H groups in total. The lowest BCUT2D eigenvalue weighted by atomic mass is 9.75. The van der Waals surface area contributed by atoms with Gasteiger partial charge in [0.2, 0.25) is 0 Å². The third-order valence-corrected chi connectivity index (χ3v) is 4.62. The van der Waals surface area contributed by atoms with Gasteiger partial charge in [0.05, 0.1) is 6.54 Å². The molecule has 23 heavy (non-hydrogen) atoms. The second-order valence-electron chi connectivity index (χ2n) is 6.74. The van der Waals surface area contributed by atoms with Gasteiger partial charge in [-0.3, -0.25) is 4.79 Å². The Bertz CT molecular complexity index is 499. The highest BCUT2D eigenvalue weighted by Crippen LogP contribution is 2.35. The average molecular weight is 323 g/mol. The predicted octanol–water partition coefficient (Wildman–Crippen LogP) is 2.53. The molecule has 0 radical (unpaired) electrons. The summed E-state index contributed by atoms with van der Waals surface area (Å²) in [6, 6.07) is 0. The van der Waals surface area contributed by atoms with E-state index in [2.05, 4.69) is 25.5 Å².